The molecule has 0 atom stereocenters. The molecule has 7 rings (SSSR count). The van der Waals surface area contributed by atoms with E-state index in [1.165, 1.54) is 32.1 Å². The second kappa shape index (κ2) is 7.86. The molecule has 4 aliphatic carbocycles. The van der Waals surface area contributed by atoms with Crippen molar-refractivity contribution < 1.29 is 14.3 Å². The molecule has 0 spiro atoms. The standard InChI is InChI=1S/C24H30N4O3/c29-24(26-22-18-11-16-10-17(13-18)14-19(22)12-16)31-21-15-25-28(20-4-2-1-3-5-20)23(21)27-6-8-30-9-7-27/h1-5,15-19,22H,6-14H2,(H,26,29). The molecule has 0 unspecified atom stereocenters. The van der Waals surface area contributed by atoms with Crippen molar-refractivity contribution >= 4 is 11.9 Å². The number of carbonyl (C=O) groups excluding carboxylic acids is 1. The second-order valence-electron chi connectivity index (χ2n) is 9.67. The smallest absolute Gasteiger partial charge is 0.405 e. The Labute approximate surface area is 182 Å². The molecule has 1 amide bonds. The van der Waals surface area contributed by atoms with E-state index >= 15 is 0 Å². The summed E-state index contributed by atoms with van der Waals surface area (Å²) >= 11 is 0. The maximum absolute atomic E-state index is 13.0. The van der Waals surface area contributed by atoms with Crippen LogP contribution in [-0.2, 0) is 4.74 Å². The summed E-state index contributed by atoms with van der Waals surface area (Å²) in [5, 5.41) is 7.81. The van der Waals surface area contributed by atoms with Crippen LogP contribution < -0.4 is 15.0 Å². The minimum Gasteiger partial charge on any atom is -0.405 e. The zero-order chi connectivity index (χ0) is 20.8. The number of nitrogens with one attached hydrogen (secondary N) is 1. The van der Waals surface area contributed by atoms with Crippen molar-refractivity contribution in [3.05, 3.63) is 36.5 Å². The summed E-state index contributed by atoms with van der Waals surface area (Å²) in [6.07, 6.45) is 7.79. The molecule has 2 aromatic rings. The Kier molecular flexibility index (Phi) is 4.86. The van der Waals surface area contributed by atoms with Gasteiger partial charge in [-0.25, -0.2) is 9.48 Å². The van der Waals surface area contributed by atoms with Gasteiger partial charge in [0.15, 0.2) is 11.6 Å². The number of para-hydroxylation sites is 1. The van der Waals surface area contributed by atoms with Gasteiger partial charge in [-0.15, -0.1) is 0 Å². The number of ether oxygens (including phenoxy) is 2. The number of nitrogens with zero attached hydrogens (tertiary/aromatic N) is 3. The Morgan fingerprint density at radius 3 is 2.35 bits per heavy atom. The Balaban J connectivity index is 1.23. The Hall–Kier alpha value is -2.54. The lowest BCUT2D eigenvalue weighted by Crippen LogP contribution is -2.56. The highest BCUT2D eigenvalue weighted by Crippen LogP contribution is 2.53. The van der Waals surface area contributed by atoms with Crippen LogP contribution in [0, 0.1) is 23.7 Å². The molecule has 1 aromatic carbocycles. The highest BCUT2D eigenvalue weighted by molar-refractivity contribution is 5.73. The summed E-state index contributed by atoms with van der Waals surface area (Å²) in [7, 11) is 0. The first-order valence-corrected chi connectivity index (χ1v) is 11.7. The number of anilines is 1. The number of aromatic nitrogens is 2. The molecule has 2 heterocycles. The van der Waals surface area contributed by atoms with E-state index in [0.717, 1.165) is 36.4 Å². The van der Waals surface area contributed by atoms with Crippen LogP contribution in [0.1, 0.15) is 32.1 Å². The normalized spacial score (nSPS) is 31.6. The van der Waals surface area contributed by atoms with Gasteiger partial charge in [-0.1, -0.05) is 18.2 Å². The summed E-state index contributed by atoms with van der Waals surface area (Å²) in [5.41, 5.74) is 0.945. The molecule has 31 heavy (non-hydrogen) atoms. The average Bonchev–Trinajstić information content (AvgIpc) is 3.20. The van der Waals surface area contributed by atoms with Crippen LogP contribution in [-0.4, -0.2) is 48.2 Å². The van der Waals surface area contributed by atoms with Crippen LogP contribution in [0.3, 0.4) is 0 Å². The molecule has 4 saturated carbocycles. The van der Waals surface area contributed by atoms with Crippen LogP contribution in [0.25, 0.3) is 5.69 Å². The highest BCUT2D eigenvalue weighted by Gasteiger charge is 2.48. The van der Waals surface area contributed by atoms with Crippen molar-refractivity contribution in [2.24, 2.45) is 23.7 Å². The number of morpholine rings is 1. The summed E-state index contributed by atoms with van der Waals surface area (Å²) in [6, 6.07) is 10.2. The van der Waals surface area contributed by atoms with Crippen molar-refractivity contribution in [2.75, 3.05) is 31.2 Å². The van der Waals surface area contributed by atoms with Crippen LogP contribution in [0.4, 0.5) is 10.6 Å². The van der Waals surface area contributed by atoms with Crippen molar-refractivity contribution in [3.63, 3.8) is 0 Å². The number of amides is 1. The fourth-order valence-electron chi connectivity index (χ4n) is 6.65. The summed E-state index contributed by atoms with van der Waals surface area (Å²) < 4.78 is 13.3. The maximum Gasteiger partial charge on any atom is 0.413 e. The van der Waals surface area contributed by atoms with E-state index < -0.39 is 0 Å². The first-order valence-electron chi connectivity index (χ1n) is 11.7. The van der Waals surface area contributed by atoms with Crippen LogP contribution >= 0.6 is 0 Å². The predicted molar refractivity (Wildman–Crippen MR) is 117 cm³/mol. The molecular weight excluding hydrogens is 392 g/mol. The zero-order valence-corrected chi connectivity index (χ0v) is 17.8. The first-order chi connectivity index (χ1) is 15.2. The van der Waals surface area contributed by atoms with Gasteiger partial charge in [0.05, 0.1) is 25.1 Å². The van der Waals surface area contributed by atoms with E-state index in [1.54, 1.807) is 6.20 Å². The average molecular weight is 423 g/mol. The lowest BCUT2D eigenvalue weighted by Gasteiger charge is -2.54. The SMILES string of the molecule is O=C(NC1C2CC3CC(C2)CC1C3)Oc1cnn(-c2ccccc2)c1N1CCOCC1. The fourth-order valence-corrected chi connectivity index (χ4v) is 6.65. The Morgan fingerprint density at radius 1 is 1.00 bits per heavy atom. The minimum atomic E-state index is -0.348. The quantitative estimate of drug-likeness (QED) is 0.815. The van der Waals surface area contributed by atoms with Crippen LogP contribution in [0.2, 0.25) is 0 Å². The molecule has 5 fully saturated rings. The highest BCUT2D eigenvalue weighted by atomic mass is 16.6. The van der Waals surface area contributed by atoms with E-state index in [2.05, 4.69) is 15.3 Å². The molecule has 0 radical (unpaired) electrons. The molecule has 7 nitrogen and oxygen atoms in total. The molecule has 164 valence electrons. The lowest BCUT2D eigenvalue weighted by molar-refractivity contribution is -0.0114. The zero-order valence-electron chi connectivity index (χ0n) is 17.8. The van der Waals surface area contributed by atoms with Gasteiger partial charge < -0.3 is 19.7 Å². The summed E-state index contributed by atoms with van der Waals surface area (Å²) in [4.78, 5) is 15.2. The van der Waals surface area contributed by atoms with Crippen LogP contribution in [0.5, 0.6) is 5.75 Å². The van der Waals surface area contributed by atoms with Gasteiger partial charge in [-0.2, -0.15) is 5.10 Å². The van der Waals surface area contributed by atoms with Gasteiger partial charge in [0.1, 0.15) is 0 Å². The van der Waals surface area contributed by atoms with Crippen molar-refractivity contribution in [3.8, 4) is 11.4 Å². The molecular formula is C24H30N4O3. The van der Waals surface area contributed by atoms with Gasteiger partial charge in [-0.3, -0.25) is 0 Å². The second-order valence-corrected chi connectivity index (χ2v) is 9.67. The summed E-state index contributed by atoms with van der Waals surface area (Å²) in [5.74, 6) is 4.33. The largest absolute Gasteiger partial charge is 0.413 e. The first kappa shape index (κ1) is 19.2. The van der Waals surface area contributed by atoms with E-state index in [4.69, 9.17) is 9.47 Å². The van der Waals surface area contributed by atoms with Crippen molar-refractivity contribution in [1.82, 2.24) is 15.1 Å². The topological polar surface area (TPSA) is 68.6 Å². The minimum absolute atomic E-state index is 0.260. The summed E-state index contributed by atoms with van der Waals surface area (Å²) in [6.45, 7) is 2.79. The maximum atomic E-state index is 13.0. The molecule has 4 bridgehead atoms. The van der Waals surface area contributed by atoms with Gasteiger partial charge >= 0.3 is 6.09 Å². The third-order valence-electron chi connectivity index (χ3n) is 7.74. The number of carbonyl (C=O) groups is 1. The third kappa shape index (κ3) is 3.59. The van der Waals surface area contributed by atoms with Gasteiger partial charge in [0.2, 0.25) is 0 Å². The van der Waals surface area contributed by atoms with E-state index in [-0.39, 0.29) is 12.1 Å². The van der Waals surface area contributed by atoms with Gasteiger partial charge in [0, 0.05) is 19.1 Å². The van der Waals surface area contributed by atoms with Crippen molar-refractivity contribution in [1.29, 1.82) is 0 Å². The molecule has 1 aromatic heterocycles. The third-order valence-corrected chi connectivity index (χ3v) is 7.74. The number of rotatable bonds is 4. The lowest BCUT2D eigenvalue weighted by atomic mass is 9.54. The number of benzene rings is 1. The molecule has 1 saturated heterocycles. The molecule has 1 aliphatic heterocycles. The van der Waals surface area contributed by atoms with Crippen molar-refractivity contribution in [2.45, 2.75) is 38.1 Å². The van der Waals surface area contributed by atoms with Gasteiger partial charge in [0.25, 0.3) is 0 Å². The van der Waals surface area contributed by atoms with E-state index in [1.807, 2.05) is 35.0 Å². The molecule has 7 heteroatoms. The number of hydrogen-bond donors (Lipinski definition) is 1. The molecule has 5 aliphatic rings. The Morgan fingerprint density at radius 2 is 1.68 bits per heavy atom. The fraction of sp³-hybridized carbons (Fsp3) is 0.583. The van der Waals surface area contributed by atoms with Crippen LogP contribution in [0.15, 0.2) is 36.5 Å². The Bertz CT molecular complexity index is 910. The van der Waals surface area contributed by atoms with Gasteiger partial charge in [-0.05, 0) is 67.9 Å². The van der Waals surface area contributed by atoms with E-state index in [0.29, 0.717) is 30.8 Å². The monoisotopic (exact) mass is 422 g/mol. The van der Waals surface area contributed by atoms with E-state index in [9.17, 15) is 4.79 Å². The predicted octanol–water partition coefficient (Wildman–Crippen LogP) is 3.62. The number of hydrogen-bond acceptors (Lipinski definition) is 5. The molecule has 1 N–H and O–H groups in total.